The number of amides is 1. The van der Waals surface area contributed by atoms with E-state index in [0.717, 1.165) is 21.9 Å². The molecule has 3 aromatic heterocycles. The highest BCUT2D eigenvalue weighted by atomic mass is 32.1. The fraction of sp³-hybridized carbons (Fsp3) is 0.412. The lowest BCUT2D eigenvalue weighted by Crippen LogP contribution is -2.34. The molecule has 0 aliphatic carbocycles. The summed E-state index contributed by atoms with van der Waals surface area (Å²) in [6, 6.07) is 0. The Balaban J connectivity index is 1.64. The van der Waals surface area contributed by atoms with Gasteiger partial charge in [0.15, 0.2) is 4.96 Å². The second-order valence-corrected chi connectivity index (χ2v) is 7.23. The Morgan fingerprint density at radius 3 is 2.76 bits per heavy atom. The fourth-order valence-corrected chi connectivity index (χ4v) is 4.18. The molecule has 4 rings (SSSR count). The molecule has 0 atom stereocenters. The minimum Gasteiger partial charge on any atom is -0.337 e. The molecule has 1 amide bonds. The monoisotopic (exact) mass is 357 g/mol. The van der Waals surface area contributed by atoms with Crippen LogP contribution in [0.15, 0.2) is 16.4 Å². The van der Waals surface area contributed by atoms with Crippen LogP contribution in [-0.4, -0.2) is 42.8 Å². The molecule has 8 heteroatoms. The summed E-state index contributed by atoms with van der Waals surface area (Å²) in [6.07, 6.45) is 3.03. The maximum Gasteiger partial charge on any atom is 0.271 e. The van der Waals surface area contributed by atoms with Gasteiger partial charge in [-0.25, -0.2) is 9.97 Å². The molecule has 1 aliphatic heterocycles. The molecule has 7 nitrogen and oxygen atoms in total. The Morgan fingerprint density at radius 2 is 1.96 bits per heavy atom. The minimum atomic E-state index is -0.0231. The Labute approximate surface area is 148 Å². The average Bonchev–Trinajstić information content (AvgIpc) is 3.04. The molecular formula is C17H19N5O2S. The van der Waals surface area contributed by atoms with Gasteiger partial charge in [-0.3, -0.25) is 18.6 Å². The van der Waals surface area contributed by atoms with Crippen LogP contribution in [0.2, 0.25) is 0 Å². The SMILES string of the molecule is Cc1cn2c(C(=O)N3CCc4nc(C)n(C)c(=O)c4CC3)csc2n1. The van der Waals surface area contributed by atoms with Crippen LogP contribution in [0.5, 0.6) is 0 Å². The first kappa shape index (κ1) is 16.0. The third-order valence-corrected chi connectivity index (χ3v) is 5.62. The zero-order valence-corrected chi connectivity index (χ0v) is 15.3. The molecule has 0 unspecified atom stereocenters. The van der Waals surface area contributed by atoms with E-state index in [4.69, 9.17) is 0 Å². The van der Waals surface area contributed by atoms with E-state index < -0.39 is 0 Å². The van der Waals surface area contributed by atoms with Crippen molar-refractivity contribution in [3.8, 4) is 0 Å². The van der Waals surface area contributed by atoms with E-state index in [1.54, 1.807) is 11.6 Å². The normalized spacial score (nSPS) is 14.6. The number of imidazole rings is 1. The summed E-state index contributed by atoms with van der Waals surface area (Å²) >= 11 is 1.46. The number of fused-ring (bicyclic) bond motifs is 2. The molecule has 3 aromatic rings. The number of hydrogen-bond donors (Lipinski definition) is 0. The van der Waals surface area contributed by atoms with Crippen molar-refractivity contribution in [3.05, 3.63) is 50.4 Å². The van der Waals surface area contributed by atoms with Crippen molar-refractivity contribution in [1.29, 1.82) is 0 Å². The highest BCUT2D eigenvalue weighted by molar-refractivity contribution is 7.15. The summed E-state index contributed by atoms with van der Waals surface area (Å²) in [4.78, 5) is 37.1. The molecule has 0 radical (unpaired) electrons. The molecule has 0 spiro atoms. The number of nitrogens with zero attached hydrogens (tertiary/aromatic N) is 5. The van der Waals surface area contributed by atoms with E-state index in [2.05, 4.69) is 9.97 Å². The molecule has 0 saturated heterocycles. The first-order valence-corrected chi connectivity index (χ1v) is 9.11. The Hall–Kier alpha value is -2.48. The van der Waals surface area contributed by atoms with Crippen LogP contribution >= 0.6 is 11.3 Å². The standard InChI is InChI=1S/C17H19N5O2S/c1-10-8-22-14(9-25-17(22)18-10)16(24)21-6-4-12-13(5-7-21)19-11(2)20(3)15(12)23/h8-9H,4-7H2,1-3H3. The van der Waals surface area contributed by atoms with Gasteiger partial charge in [-0.15, -0.1) is 11.3 Å². The van der Waals surface area contributed by atoms with Gasteiger partial charge in [0.1, 0.15) is 11.5 Å². The lowest BCUT2D eigenvalue weighted by Gasteiger charge is -2.19. The van der Waals surface area contributed by atoms with Gasteiger partial charge >= 0.3 is 0 Å². The van der Waals surface area contributed by atoms with E-state index in [-0.39, 0.29) is 11.5 Å². The average molecular weight is 357 g/mol. The topological polar surface area (TPSA) is 72.5 Å². The quantitative estimate of drug-likeness (QED) is 0.659. The molecule has 0 fully saturated rings. The van der Waals surface area contributed by atoms with Gasteiger partial charge in [0.25, 0.3) is 11.5 Å². The maximum atomic E-state index is 13.0. The second kappa shape index (κ2) is 5.80. The van der Waals surface area contributed by atoms with E-state index in [9.17, 15) is 9.59 Å². The predicted molar refractivity (Wildman–Crippen MR) is 95.3 cm³/mol. The summed E-state index contributed by atoms with van der Waals surface area (Å²) in [5.74, 6) is 0.682. The van der Waals surface area contributed by atoms with Crippen LogP contribution in [0.1, 0.15) is 33.3 Å². The summed E-state index contributed by atoms with van der Waals surface area (Å²) in [5, 5.41) is 1.85. The Morgan fingerprint density at radius 1 is 1.20 bits per heavy atom. The summed E-state index contributed by atoms with van der Waals surface area (Å²) in [5.41, 5.74) is 3.08. The van der Waals surface area contributed by atoms with Crippen molar-refractivity contribution >= 4 is 22.2 Å². The number of thiazole rings is 1. The number of rotatable bonds is 1. The Bertz CT molecular complexity index is 1050. The van der Waals surface area contributed by atoms with Gasteiger partial charge < -0.3 is 4.90 Å². The number of carbonyl (C=O) groups is 1. The molecule has 130 valence electrons. The summed E-state index contributed by atoms with van der Waals surface area (Å²) < 4.78 is 3.43. The van der Waals surface area contributed by atoms with Crippen molar-refractivity contribution in [2.24, 2.45) is 7.05 Å². The van der Waals surface area contributed by atoms with Crippen LogP contribution < -0.4 is 5.56 Å². The minimum absolute atomic E-state index is 0.0000397. The first-order chi connectivity index (χ1) is 12.0. The summed E-state index contributed by atoms with van der Waals surface area (Å²) in [7, 11) is 1.74. The Kier molecular flexibility index (Phi) is 3.72. The van der Waals surface area contributed by atoms with Crippen molar-refractivity contribution in [2.45, 2.75) is 26.7 Å². The molecule has 0 N–H and O–H groups in total. The second-order valence-electron chi connectivity index (χ2n) is 6.40. The van der Waals surface area contributed by atoms with Gasteiger partial charge in [-0.2, -0.15) is 0 Å². The number of aryl methyl sites for hydroxylation is 2. The smallest absolute Gasteiger partial charge is 0.271 e. The molecule has 0 saturated carbocycles. The number of hydrogen-bond acceptors (Lipinski definition) is 5. The first-order valence-electron chi connectivity index (χ1n) is 8.23. The third kappa shape index (κ3) is 2.57. The van der Waals surface area contributed by atoms with Crippen LogP contribution in [0, 0.1) is 13.8 Å². The van der Waals surface area contributed by atoms with Crippen molar-refractivity contribution in [3.63, 3.8) is 0 Å². The maximum absolute atomic E-state index is 13.0. The number of aromatic nitrogens is 4. The molecule has 4 heterocycles. The van der Waals surface area contributed by atoms with Crippen molar-refractivity contribution < 1.29 is 4.79 Å². The summed E-state index contributed by atoms with van der Waals surface area (Å²) in [6.45, 7) is 4.84. The third-order valence-electron chi connectivity index (χ3n) is 4.78. The lowest BCUT2D eigenvalue weighted by molar-refractivity contribution is 0.0756. The highest BCUT2D eigenvalue weighted by Gasteiger charge is 2.25. The molecule has 0 bridgehead atoms. The van der Waals surface area contributed by atoms with Crippen molar-refractivity contribution in [2.75, 3.05) is 13.1 Å². The van der Waals surface area contributed by atoms with Crippen LogP contribution in [0.4, 0.5) is 0 Å². The van der Waals surface area contributed by atoms with Gasteiger partial charge in [-0.05, 0) is 20.3 Å². The highest BCUT2D eigenvalue weighted by Crippen LogP contribution is 2.20. The van der Waals surface area contributed by atoms with Gasteiger partial charge in [0.05, 0.1) is 11.4 Å². The largest absolute Gasteiger partial charge is 0.337 e. The molecule has 1 aliphatic rings. The van der Waals surface area contributed by atoms with Gasteiger partial charge in [0, 0.05) is 43.7 Å². The van der Waals surface area contributed by atoms with E-state index in [1.165, 1.54) is 11.3 Å². The van der Waals surface area contributed by atoms with E-state index >= 15 is 0 Å². The predicted octanol–water partition coefficient (Wildman–Crippen LogP) is 1.35. The molecule has 0 aromatic carbocycles. The fourth-order valence-electron chi connectivity index (χ4n) is 3.28. The van der Waals surface area contributed by atoms with Gasteiger partial charge in [-0.1, -0.05) is 0 Å². The van der Waals surface area contributed by atoms with Crippen molar-refractivity contribution in [1.82, 2.24) is 23.8 Å². The molecule has 25 heavy (non-hydrogen) atoms. The lowest BCUT2D eigenvalue weighted by atomic mass is 10.1. The van der Waals surface area contributed by atoms with Crippen LogP contribution in [0.3, 0.4) is 0 Å². The van der Waals surface area contributed by atoms with E-state index in [0.29, 0.717) is 37.4 Å². The van der Waals surface area contributed by atoms with Crippen LogP contribution in [-0.2, 0) is 19.9 Å². The molecular weight excluding hydrogens is 338 g/mol. The zero-order valence-electron chi connectivity index (χ0n) is 14.4. The van der Waals surface area contributed by atoms with Crippen LogP contribution in [0.25, 0.3) is 4.96 Å². The van der Waals surface area contributed by atoms with E-state index in [1.807, 2.05) is 34.7 Å². The zero-order chi connectivity index (χ0) is 17.7. The number of carbonyl (C=O) groups excluding carboxylic acids is 1. The van der Waals surface area contributed by atoms with Gasteiger partial charge in [0.2, 0.25) is 0 Å².